The Morgan fingerprint density at radius 1 is 0.517 bits per heavy atom. The highest BCUT2D eigenvalue weighted by Crippen LogP contribution is 2.41. The minimum absolute atomic E-state index is 0.0147. The van der Waals surface area contributed by atoms with Crippen LogP contribution >= 0.6 is 0 Å². The minimum Gasteiger partial charge on any atom is -0.457 e. The summed E-state index contributed by atoms with van der Waals surface area (Å²) in [6, 6.07) is 45.2. The fourth-order valence-electron chi connectivity index (χ4n) is 7.79. The Hall–Kier alpha value is -6.00. The number of hydrogen-bond donors (Lipinski definition) is 0. The molecule has 0 N–H and O–H groups in total. The molecule has 0 saturated carbocycles. The molecule has 8 aromatic rings. The molecule has 0 aliphatic rings. The maximum Gasteiger partial charge on any atom is 0.161 e. The normalized spacial score (nSPS) is 12.4. The molecule has 8 rings (SSSR count). The molecule has 292 valence electrons. The number of pyridine rings is 2. The van der Waals surface area contributed by atoms with E-state index in [1.807, 2.05) is 18.5 Å². The molecular weight excluding hydrogens is 709 g/mol. The van der Waals surface area contributed by atoms with E-state index in [1.54, 1.807) is 0 Å². The molecule has 0 amide bonds. The number of ether oxygens (including phenoxy) is 1. The van der Waals surface area contributed by atoms with Gasteiger partial charge >= 0.3 is 0 Å². The van der Waals surface area contributed by atoms with Crippen LogP contribution in [0.4, 0.5) is 0 Å². The van der Waals surface area contributed by atoms with Crippen molar-refractivity contribution in [2.45, 2.75) is 80.6 Å². The lowest BCUT2D eigenvalue weighted by Gasteiger charge is -2.20. The Morgan fingerprint density at radius 2 is 1.16 bits per heavy atom. The van der Waals surface area contributed by atoms with Crippen LogP contribution in [0.1, 0.15) is 79.0 Å². The first-order valence-electron chi connectivity index (χ1n) is 20.4. The predicted molar refractivity (Wildman–Crippen MR) is 243 cm³/mol. The molecular formula is C54H54N2O2. The molecule has 0 spiro atoms. The van der Waals surface area contributed by atoms with Gasteiger partial charge in [0, 0.05) is 39.9 Å². The van der Waals surface area contributed by atoms with Crippen LogP contribution in [0.3, 0.4) is 0 Å². The summed E-state index contributed by atoms with van der Waals surface area (Å²) in [7, 11) is 0. The van der Waals surface area contributed by atoms with Crippen molar-refractivity contribution >= 4 is 21.7 Å². The topological polar surface area (TPSA) is 48.2 Å². The number of hydrogen-bond acceptors (Lipinski definition) is 4. The van der Waals surface area contributed by atoms with Crippen LogP contribution in [-0.2, 0) is 18.3 Å². The molecule has 0 aliphatic heterocycles. The van der Waals surface area contributed by atoms with Crippen LogP contribution in [0.2, 0.25) is 0 Å². The fourth-order valence-corrected chi connectivity index (χ4v) is 7.79. The highest BCUT2D eigenvalue weighted by atomic mass is 16.5. The van der Waals surface area contributed by atoms with Gasteiger partial charge in [0.15, 0.2) is 5.58 Å². The average molecular weight is 763 g/mol. The number of benzene rings is 5. The van der Waals surface area contributed by atoms with Crippen molar-refractivity contribution in [1.29, 1.82) is 0 Å². The average Bonchev–Trinajstić information content (AvgIpc) is 3.62. The van der Waals surface area contributed by atoms with Crippen molar-refractivity contribution in [3.63, 3.8) is 0 Å². The third-order valence-electron chi connectivity index (χ3n) is 10.6. The molecule has 0 aliphatic carbocycles. The van der Waals surface area contributed by atoms with Crippen molar-refractivity contribution in [3.05, 3.63) is 156 Å². The summed E-state index contributed by atoms with van der Waals surface area (Å²) in [5.41, 5.74) is 11.9. The zero-order chi connectivity index (χ0) is 40.8. The molecule has 0 bridgehead atoms. The Labute approximate surface area is 344 Å². The number of fused-ring (bicyclic) bond motifs is 2. The maximum atomic E-state index is 7.01. The third-order valence-corrected chi connectivity index (χ3v) is 10.6. The first-order chi connectivity index (χ1) is 27.5. The standard InChI is InChI=1S/C54H54N2O2/c1-52(2,3)33-35-14-18-37(19-15-35)41-27-42(47-32-44(23-25-55-47)54(7,8)9)29-45(28-41)57-49-31-43(26-39-12-10-11-13-46(39)49)50-51-40(22-24-56-50)30-48(58-51)38-20-16-36(17-21-38)34-53(4,5)6/h10-32H,33-34H2,1-9H3. The predicted octanol–water partition coefficient (Wildman–Crippen LogP) is 15.3. The smallest absolute Gasteiger partial charge is 0.161 e. The Balaban J connectivity index is 1.21. The van der Waals surface area contributed by atoms with Crippen LogP contribution in [0.15, 0.2) is 144 Å². The zero-order valence-electron chi connectivity index (χ0n) is 35.4. The second-order valence-electron chi connectivity index (χ2n) is 19.3. The van der Waals surface area contributed by atoms with Crippen molar-refractivity contribution < 1.29 is 9.15 Å². The monoisotopic (exact) mass is 762 g/mol. The van der Waals surface area contributed by atoms with E-state index in [4.69, 9.17) is 19.1 Å². The highest BCUT2D eigenvalue weighted by molar-refractivity contribution is 5.98. The molecule has 3 aromatic heterocycles. The van der Waals surface area contributed by atoms with Gasteiger partial charge in [-0.25, -0.2) is 0 Å². The lowest BCUT2D eigenvalue weighted by atomic mass is 9.86. The largest absolute Gasteiger partial charge is 0.457 e. The molecule has 0 unspecified atom stereocenters. The van der Waals surface area contributed by atoms with Gasteiger partial charge in [-0.2, -0.15) is 0 Å². The number of nitrogens with zero attached hydrogens (tertiary/aromatic N) is 2. The number of rotatable bonds is 8. The molecule has 4 heteroatoms. The molecule has 0 saturated heterocycles. The van der Waals surface area contributed by atoms with Crippen LogP contribution in [0.25, 0.3) is 66.7 Å². The van der Waals surface area contributed by atoms with Gasteiger partial charge < -0.3 is 9.15 Å². The number of furan rings is 1. The van der Waals surface area contributed by atoms with E-state index in [2.05, 4.69) is 184 Å². The first-order valence-corrected chi connectivity index (χ1v) is 20.4. The summed E-state index contributed by atoms with van der Waals surface area (Å²) < 4.78 is 13.6. The molecule has 0 radical (unpaired) electrons. The summed E-state index contributed by atoms with van der Waals surface area (Å²) in [5.74, 6) is 2.30. The summed E-state index contributed by atoms with van der Waals surface area (Å²) in [5, 5.41) is 3.07. The van der Waals surface area contributed by atoms with Gasteiger partial charge in [0.2, 0.25) is 0 Å². The molecule has 0 fully saturated rings. The van der Waals surface area contributed by atoms with Crippen LogP contribution in [-0.4, -0.2) is 9.97 Å². The van der Waals surface area contributed by atoms with Gasteiger partial charge in [-0.1, -0.05) is 135 Å². The zero-order valence-corrected chi connectivity index (χ0v) is 35.4. The molecule has 3 heterocycles. The fraction of sp³-hybridized carbons (Fsp3) is 0.259. The number of aromatic nitrogens is 2. The lowest BCUT2D eigenvalue weighted by Crippen LogP contribution is -2.11. The summed E-state index contributed by atoms with van der Waals surface area (Å²) >= 11 is 0. The second kappa shape index (κ2) is 15.1. The van der Waals surface area contributed by atoms with Crippen molar-refractivity contribution in [3.8, 4) is 56.5 Å². The first kappa shape index (κ1) is 38.9. The van der Waals surface area contributed by atoms with E-state index in [0.717, 1.165) is 91.0 Å². The van der Waals surface area contributed by atoms with E-state index >= 15 is 0 Å². The van der Waals surface area contributed by atoms with Gasteiger partial charge in [0.1, 0.15) is 23.0 Å². The van der Waals surface area contributed by atoms with E-state index in [-0.39, 0.29) is 16.2 Å². The summed E-state index contributed by atoms with van der Waals surface area (Å²) in [4.78, 5) is 9.76. The maximum absolute atomic E-state index is 7.01. The van der Waals surface area contributed by atoms with E-state index in [0.29, 0.717) is 0 Å². The minimum atomic E-state index is -0.0147. The SMILES string of the molecule is CC(C)(C)Cc1ccc(-c2cc(Oc3cc(-c4nccc5cc(-c6ccc(CC(C)(C)C)cc6)oc45)cc4ccccc34)cc(-c3cc(C(C)(C)C)ccn3)c2)cc1. The molecule has 0 atom stereocenters. The highest BCUT2D eigenvalue weighted by Gasteiger charge is 2.19. The van der Waals surface area contributed by atoms with E-state index < -0.39 is 0 Å². The van der Waals surface area contributed by atoms with Gasteiger partial charge in [-0.3, -0.25) is 9.97 Å². The third kappa shape index (κ3) is 8.77. The van der Waals surface area contributed by atoms with Crippen molar-refractivity contribution in [2.24, 2.45) is 10.8 Å². The molecule has 58 heavy (non-hydrogen) atoms. The van der Waals surface area contributed by atoms with Gasteiger partial charge in [-0.05, 0) is 117 Å². The Morgan fingerprint density at radius 3 is 1.83 bits per heavy atom. The summed E-state index contributed by atoms with van der Waals surface area (Å²) in [6.07, 6.45) is 5.81. The van der Waals surface area contributed by atoms with E-state index in [9.17, 15) is 0 Å². The van der Waals surface area contributed by atoms with Crippen molar-refractivity contribution in [1.82, 2.24) is 9.97 Å². The van der Waals surface area contributed by atoms with Crippen molar-refractivity contribution in [2.75, 3.05) is 0 Å². The van der Waals surface area contributed by atoms with Crippen LogP contribution in [0.5, 0.6) is 11.5 Å². The Bertz CT molecular complexity index is 2730. The second-order valence-corrected chi connectivity index (χ2v) is 19.3. The summed E-state index contributed by atoms with van der Waals surface area (Å²) in [6.45, 7) is 20.3. The van der Waals surface area contributed by atoms with Crippen LogP contribution < -0.4 is 4.74 Å². The van der Waals surface area contributed by atoms with Crippen LogP contribution in [0, 0.1) is 10.8 Å². The quantitative estimate of drug-likeness (QED) is 0.155. The molecule has 5 aromatic carbocycles. The van der Waals surface area contributed by atoms with Gasteiger partial charge in [0.25, 0.3) is 0 Å². The van der Waals surface area contributed by atoms with Gasteiger partial charge in [-0.15, -0.1) is 0 Å². The lowest BCUT2D eigenvalue weighted by molar-refractivity contribution is 0.411. The van der Waals surface area contributed by atoms with E-state index in [1.165, 1.54) is 16.7 Å². The van der Waals surface area contributed by atoms with Gasteiger partial charge in [0.05, 0.1) is 5.69 Å². The molecule has 4 nitrogen and oxygen atoms in total. The Kier molecular flexibility index (Phi) is 10.1.